The molecule has 6 heteroatoms. The van der Waals surface area contributed by atoms with Gasteiger partial charge in [-0.05, 0) is 49.2 Å². The maximum atomic E-state index is 6.15. The molecule has 0 amide bonds. The first-order valence-corrected chi connectivity index (χ1v) is 10.7. The number of aryl methyl sites for hydroxylation is 1. The van der Waals surface area contributed by atoms with Gasteiger partial charge >= 0.3 is 0 Å². The number of benzene rings is 3. The summed E-state index contributed by atoms with van der Waals surface area (Å²) in [5, 5.41) is 0.639. The number of halogens is 1. The lowest BCUT2D eigenvalue weighted by Gasteiger charge is -2.12. The highest BCUT2D eigenvalue weighted by Gasteiger charge is 2.11. The zero-order valence-electron chi connectivity index (χ0n) is 17.5. The molecule has 31 heavy (non-hydrogen) atoms. The minimum Gasteiger partial charge on any atom is -0.497 e. The van der Waals surface area contributed by atoms with E-state index in [-0.39, 0.29) is 0 Å². The molecule has 0 aliphatic heterocycles. The van der Waals surface area contributed by atoms with Gasteiger partial charge in [0.15, 0.2) is 0 Å². The predicted molar refractivity (Wildman–Crippen MR) is 123 cm³/mol. The van der Waals surface area contributed by atoms with E-state index in [1.54, 1.807) is 7.11 Å². The fourth-order valence-electron chi connectivity index (χ4n) is 3.44. The average molecular weight is 437 g/mol. The van der Waals surface area contributed by atoms with Crippen LogP contribution in [0, 0.1) is 0 Å². The maximum absolute atomic E-state index is 6.15. The van der Waals surface area contributed by atoms with Crippen molar-refractivity contribution >= 4 is 22.6 Å². The molecule has 0 radical (unpaired) electrons. The highest BCUT2D eigenvalue weighted by atomic mass is 35.5. The SMILES string of the molecule is COc1cccc(OCc2nc3ccccc3n2CCCCOc2ccccc2Cl)c1. The summed E-state index contributed by atoms with van der Waals surface area (Å²) in [6.07, 6.45) is 1.87. The first-order chi connectivity index (χ1) is 15.2. The van der Waals surface area contributed by atoms with Crippen LogP contribution < -0.4 is 14.2 Å². The number of ether oxygens (including phenoxy) is 3. The number of fused-ring (bicyclic) bond motifs is 1. The normalized spacial score (nSPS) is 10.9. The van der Waals surface area contributed by atoms with E-state index in [9.17, 15) is 0 Å². The van der Waals surface area contributed by atoms with Crippen molar-refractivity contribution in [1.29, 1.82) is 0 Å². The van der Waals surface area contributed by atoms with E-state index in [4.69, 9.17) is 30.8 Å². The fraction of sp³-hybridized carbons (Fsp3) is 0.240. The summed E-state index contributed by atoms with van der Waals surface area (Å²) in [4.78, 5) is 4.79. The number of nitrogens with zero attached hydrogens (tertiary/aromatic N) is 2. The van der Waals surface area contributed by atoms with Crippen LogP contribution in [-0.2, 0) is 13.2 Å². The standard InChI is InChI=1S/C25H25ClN2O3/c1-29-19-9-8-10-20(17-19)31-18-25-27-22-12-3-4-13-23(22)28(25)15-6-7-16-30-24-14-5-2-11-21(24)26/h2-5,8-14,17H,6-7,15-16,18H2,1H3. The van der Waals surface area contributed by atoms with Crippen molar-refractivity contribution in [1.82, 2.24) is 9.55 Å². The van der Waals surface area contributed by atoms with Crippen LogP contribution in [-0.4, -0.2) is 23.3 Å². The van der Waals surface area contributed by atoms with E-state index < -0.39 is 0 Å². The maximum Gasteiger partial charge on any atom is 0.147 e. The molecule has 0 N–H and O–H groups in total. The Morgan fingerprint density at radius 2 is 1.68 bits per heavy atom. The van der Waals surface area contributed by atoms with E-state index in [1.807, 2.05) is 66.7 Å². The van der Waals surface area contributed by atoms with Crippen LogP contribution in [0.5, 0.6) is 17.2 Å². The lowest BCUT2D eigenvalue weighted by molar-refractivity contribution is 0.283. The van der Waals surface area contributed by atoms with Gasteiger partial charge < -0.3 is 18.8 Å². The summed E-state index contributed by atoms with van der Waals surface area (Å²) >= 11 is 6.15. The highest BCUT2D eigenvalue weighted by Crippen LogP contribution is 2.24. The molecule has 4 rings (SSSR count). The molecule has 0 saturated carbocycles. The summed E-state index contributed by atoms with van der Waals surface area (Å²) in [6.45, 7) is 1.84. The first-order valence-electron chi connectivity index (χ1n) is 10.3. The minimum atomic E-state index is 0.387. The average Bonchev–Trinajstić information content (AvgIpc) is 3.16. The molecular weight excluding hydrogens is 412 g/mol. The molecule has 0 aliphatic carbocycles. The van der Waals surface area contributed by atoms with Gasteiger partial charge in [-0.2, -0.15) is 0 Å². The first kappa shape index (κ1) is 21.1. The number of unbranched alkanes of at least 4 members (excludes halogenated alkanes) is 1. The second-order valence-corrected chi connectivity index (χ2v) is 7.53. The summed E-state index contributed by atoms with van der Waals surface area (Å²) in [7, 11) is 1.65. The van der Waals surface area contributed by atoms with Crippen molar-refractivity contribution < 1.29 is 14.2 Å². The van der Waals surface area contributed by atoms with Gasteiger partial charge in [-0.25, -0.2) is 4.98 Å². The molecule has 1 heterocycles. The van der Waals surface area contributed by atoms with Gasteiger partial charge in [-0.1, -0.05) is 41.9 Å². The number of imidazole rings is 1. The number of methoxy groups -OCH3 is 1. The van der Waals surface area contributed by atoms with Gasteiger partial charge in [0, 0.05) is 12.6 Å². The quantitative estimate of drug-likeness (QED) is 0.280. The number of rotatable bonds is 10. The predicted octanol–water partition coefficient (Wildman–Crippen LogP) is 6.14. The Bertz CT molecular complexity index is 1140. The third kappa shape index (κ3) is 5.30. The molecular formula is C25H25ClN2O3. The van der Waals surface area contributed by atoms with Crippen molar-refractivity contribution in [3.63, 3.8) is 0 Å². The second kappa shape index (κ2) is 10.2. The van der Waals surface area contributed by atoms with Crippen molar-refractivity contribution in [2.24, 2.45) is 0 Å². The van der Waals surface area contributed by atoms with E-state index >= 15 is 0 Å². The van der Waals surface area contributed by atoms with Crippen molar-refractivity contribution in [3.05, 3.63) is 83.6 Å². The number of hydrogen-bond donors (Lipinski definition) is 0. The molecule has 3 aromatic carbocycles. The van der Waals surface area contributed by atoms with E-state index in [0.717, 1.165) is 53.5 Å². The summed E-state index contributed by atoms with van der Waals surface area (Å²) < 4.78 is 19.3. The third-order valence-corrected chi connectivity index (χ3v) is 5.33. The van der Waals surface area contributed by atoms with E-state index in [1.165, 1.54) is 0 Å². The molecule has 5 nitrogen and oxygen atoms in total. The lowest BCUT2D eigenvalue weighted by atomic mass is 10.3. The van der Waals surface area contributed by atoms with Crippen LogP contribution in [0.15, 0.2) is 72.8 Å². The molecule has 0 saturated heterocycles. The van der Waals surface area contributed by atoms with Crippen molar-refractivity contribution in [2.45, 2.75) is 26.0 Å². The van der Waals surface area contributed by atoms with Crippen LogP contribution >= 0.6 is 11.6 Å². The Morgan fingerprint density at radius 1 is 0.871 bits per heavy atom. The van der Waals surface area contributed by atoms with Crippen LogP contribution in [0.3, 0.4) is 0 Å². The van der Waals surface area contributed by atoms with Crippen molar-refractivity contribution in [3.8, 4) is 17.2 Å². The molecule has 1 aromatic heterocycles. The van der Waals surface area contributed by atoms with Gasteiger partial charge in [0.1, 0.15) is 29.7 Å². The minimum absolute atomic E-state index is 0.387. The smallest absolute Gasteiger partial charge is 0.147 e. The Hall–Kier alpha value is -3.18. The Morgan fingerprint density at radius 3 is 2.55 bits per heavy atom. The van der Waals surface area contributed by atoms with Gasteiger partial charge in [0.2, 0.25) is 0 Å². The Balaban J connectivity index is 1.39. The second-order valence-electron chi connectivity index (χ2n) is 7.12. The molecule has 0 unspecified atom stereocenters. The molecule has 0 fully saturated rings. The Kier molecular flexibility index (Phi) is 6.95. The van der Waals surface area contributed by atoms with Gasteiger partial charge in [0.25, 0.3) is 0 Å². The molecule has 0 aliphatic rings. The Labute approximate surface area is 187 Å². The largest absolute Gasteiger partial charge is 0.497 e. The molecule has 160 valence electrons. The van der Waals surface area contributed by atoms with Crippen LogP contribution in [0.25, 0.3) is 11.0 Å². The van der Waals surface area contributed by atoms with E-state index in [0.29, 0.717) is 18.2 Å². The molecule has 4 aromatic rings. The van der Waals surface area contributed by atoms with Crippen molar-refractivity contribution in [2.75, 3.05) is 13.7 Å². The molecule has 0 bridgehead atoms. The summed E-state index contributed by atoms with van der Waals surface area (Å²) in [5.41, 5.74) is 2.08. The number of aromatic nitrogens is 2. The van der Waals surface area contributed by atoms with Crippen LogP contribution in [0.2, 0.25) is 5.02 Å². The zero-order chi connectivity index (χ0) is 21.5. The molecule has 0 atom stereocenters. The number of para-hydroxylation sites is 3. The molecule has 0 spiro atoms. The van der Waals surface area contributed by atoms with E-state index in [2.05, 4.69) is 10.6 Å². The van der Waals surface area contributed by atoms with Gasteiger partial charge in [0.05, 0.1) is 29.8 Å². The third-order valence-electron chi connectivity index (χ3n) is 5.01. The zero-order valence-corrected chi connectivity index (χ0v) is 18.2. The highest BCUT2D eigenvalue weighted by molar-refractivity contribution is 6.32. The van der Waals surface area contributed by atoms with Gasteiger partial charge in [-0.3, -0.25) is 0 Å². The monoisotopic (exact) mass is 436 g/mol. The fourth-order valence-corrected chi connectivity index (χ4v) is 3.63. The topological polar surface area (TPSA) is 45.5 Å². The number of hydrogen-bond acceptors (Lipinski definition) is 4. The van der Waals surface area contributed by atoms with Gasteiger partial charge in [-0.15, -0.1) is 0 Å². The summed E-state index contributed by atoms with van der Waals surface area (Å²) in [6, 6.07) is 23.3. The lowest BCUT2D eigenvalue weighted by Crippen LogP contribution is -2.09. The van der Waals surface area contributed by atoms with Crippen LogP contribution in [0.4, 0.5) is 0 Å². The summed E-state index contributed by atoms with van der Waals surface area (Å²) in [5.74, 6) is 3.15. The van der Waals surface area contributed by atoms with Crippen LogP contribution in [0.1, 0.15) is 18.7 Å².